The number of aromatic nitrogens is 4. The van der Waals surface area contributed by atoms with Gasteiger partial charge in [0, 0.05) is 19.8 Å². The molecule has 2 rings (SSSR count). The second-order valence-electron chi connectivity index (χ2n) is 3.80. The summed E-state index contributed by atoms with van der Waals surface area (Å²) in [5.41, 5.74) is 0.901. The van der Waals surface area contributed by atoms with E-state index in [2.05, 4.69) is 20.6 Å². The molecule has 1 unspecified atom stereocenters. The SMILES string of the molecule is Cc1cnc(C(C)NCc2cn(C)nn2)o1. The Kier molecular flexibility index (Phi) is 3.00. The lowest BCUT2D eigenvalue weighted by molar-refractivity contribution is 0.401. The number of rotatable bonds is 4. The molecule has 2 aromatic heterocycles. The summed E-state index contributed by atoms with van der Waals surface area (Å²) in [5.74, 6) is 1.52. The van der Waals surface area contributed by atoms with E-state index in [0.29, 0.717) is 12.4 Å². The minimum atomic E-state index is 0.0655. The van der Waals surface area contributed by atoms with Crippen LogP contribution in [0.25, 0.3) is 0 Å². The van der Waals surface area contributed by atoms with Crippen LogP contribution in [0.2, 0.25) is 0 Å². The zero-order chi connectivity index (χ0) is 11.5. The first kappa shape index (κ1) is 10.8. The molecule has 2 aromatic rings. The number of hydrogen-bond donors (Lipinski definition) is 1. The number of nitrogens with one attached hydrogen (secondary N) is 1. The smallest absolute Gasteiger partial charge is 0.211 e. The van der Waals surface area contributed by atoms with Crippen LogP contribution in [0.4, 0.5) is 0 Å². The van der Waals surface area contributed by atoms with Gasteiger partial charge in [-0.2, -0.15) is 0 Å². The molecular formula is C10H15N5O. The molecule has 1 N–H and O–H groups in total. The fraction of sp³-hybridized carbons (Fsp3) is 0.500. The topological polar surface area (TPSA) is 68.8 Å². The van der Waals surface area contributed by atoms with E-state index in [1.807, 2.05) is 27.1 Å². The molecule has 0 bridgehead atoms. The molecule has 0 aliphatic rings. The van der Waals surface area contributed by atoms with Gasteiger partial charge in [0.05, 0.1) is 17.9 Å². The van der Waals surface area contributed by atoms with Gasteiger partial charge in [0.1, 0.15) is 5.76 Å². The zero-order valence-electron chi connectivity index (χ0n) is 9.64. The van der Waals surface area contributed by atoms with Crippen molar-refractivity contribution in [2.75, 3.05) is 0 Å². The summed E-state index contributed by atoms with van der Waals surface area (Å²) < 4.78 is 7.10. The van der Waals surface area contributed by atoms with Crippen molar-refractivity contribution in [2.24, 2.45) is 7.05 Å². The van der Waals surface area contributed by atoms with Gasteiger partial charge in [-0.05, 0) is 13.8 Å². The van der Waals surface area contributed by atoms with Gasteiger partial charge in [0.15, 0.2) is 0 Å². The summed E-state index contributed by atoms with van der Waals surface area (Å²) >= 11 is 0. The Labute approximate surface area is 93.7 Å². The van der Waals surface area contributed by atoms with Crippen molar-refractivity contribution in [1.82, 2.24) is 25.3 Å². The molecule has 0 aliphatic heterocycles. The molecule has 2 heterocycles. The van der Waals surface area contributed by atoms with Crippen molar-refractivity contribution < 1.29 is 4.42 Å². The lowest BCUT2D eigenvalue weighted by Gasteiger charge is -2.07. The molecular weight excluding hydrogens is 206 g/mol. The third-order valence-corrected chi connectivity index (χ3v) is 2.25. The Bertz CT molecular complexity index is 461. The van der Waals surface area contributed by atoms with Crippen LogP contribution in [0.15, 0.2) is 16.8 Å². The van der Waals surface area contributed by atoms with E-state index in [1.165, 1.54) is 0 Å². The van der Waals surface area contributed by atoms with Crippen LogP contribution in [0.1, 0.15) is 30.3 Å². The van der Waals surface area contributed by atoms with E-state index in [-0.39, 0.29) is 6.04 Å². The molecule has 0 amide bonds. The zero-order valence-corrected chi connectivity index (χ0v) is 9.64. The maximum absolute atomic E-state index is 5.42. The van der Waals surface area contributed by atoms with Gasteiger partial charge >= 0.3 is 0 Å². The highest BCUT2D eigenvalue weighted by molar-refractivity contribution is 4.97. The lowest BCUT2D eigenvalue weighted by atomic mass is 10.3. The Morgan fingerprint density at radius 1 is 1.56 bits per heavy atom. The molecule has 0 saturated carbocycles. The second-order valence-corrected chi connectivity index (χ2v) is 3.80. The maximum atomic E-state index is 5.42. The van der Waals surface area contributed by atoms with Crippen molar-refractivity contribution in [3.05, 3.63) is 29.7 Å². The van der Waals surface area contributed by atoms with Gasteiger partial charge in [-0.25, -0.2) is 4.98 Å². The van der Waals surface area contributed by atoms with Gasteiger partial charge < -0.3 is 9.73 Å². The summed E-state index contributed by atoms with van der Waals surface area (Å²) in [6.45, 7) is 4.53. The van der Waals surface area contributed by atoms with Crippen LogP contribution < -0.4 is 5.32 Å². The van der Waals surface area contributed by atoms with E-state index in [9.17, 15) is 0 Å². The van der Waals surface area contributed by atoms with Crippen LogP contribution in [-0.2, 0) is 13.6 Å². The Hall–Kier alpha value is -1.69. The van der Waals surface area contributed by atoms with Crippen LogP contribution in [-0.4, -0.2) is 20.0 Å². The standard InChI is InChI=1S/C10H15N5O/c1-7-4-12-10(16-7)8(2)11-5-9-6-15(3)14-13-9/h4,6,8,11H,5H2,1-3H3. The lowest BCUT2D eigenvalue weighted by Crippen LogP contribution is -2.18. The molecule has 0 aromatic carbocycles. The monoisotopic (exact) mass is 221 g/mol. The van der Waals surface area contributed by atoms with E-state index in [4.69, 9.17) is 4.42 Å². The average molecular weight is 221 g/mol. The number of hydrogen-bond acceptors (Lipinski definition) is 5. The Morgan fingerprint density at radius 2 is 2.38 bits per heavy atom. The fourth-order valence-electron chi connectivity index (χ4n) is 1.39. The van der Waals surface area contributed by atoms with Crippen LogP contribution in [0.5, 0.6) is 0 Å². The normalized spacial score (nSPS) is 12.9. The third kappa shape index (κ3) is 2.46. The van der Waals surface area contributed by atoms with E-state index in [1.54, 1.807) is 10.9 Å². The minimum Gasteiger partial charge on any atom is -0.444 e. The first-order chi connectivity index (χ1) is 7.65. The molecule has 6 heteroatoms. The van der Waals surface area contributed by atoms with Crippen LogP contribution in [0, 0.1) is 6.92 Å². The first-order valence-electron chi connectivity index (χ1n) is 5.16. The van der Waals surface area contributed by atoms with Gasteiger partial charge in [0.2, 0.25) is 5.89 Å². The van der Waals surface area contributed by atoms with Crippen molar-refractivity contribution >= 4 is 0 Å². The van der Waals surface area contributed by atoms with Crippen LogP contribution in [0.3, 0.4) is 0 Å². The highest BCUT2D eigenvalue weighted by Crippen LogP contribution is 2.12. The van der Waals surface area contributed by atoms with Crippen molar-refractivity contribution in [3.63, 3.8) is 0 Å². The van der Waals surface area contributed by atoms with Gasteiger partial charge in [-0.15, -0.1) is 5.10 Å². The predicted octanol–water partition coefficient (Wildman–Crippen LogP) is 0.962. The third-order valence-electron chi connectivity index (χ3n) is 2.25. The Balaban J connectivity index is 1.91. The molecule has 0 aliphatic carbocycles. The fourth-order valence-corrected chi connectivity index (χ4v) is 1.39. The van der Waals surface area contributed by atoms with Crippen molar-refractivity contribution in [1.29, 1.82) is 0 Å². The van der Waals surface area contributed by atoms with E-state index in [0.717, 1.165) is 11.5 Å². The Morgan fingerprint density at radius 3 is 2.94 bits per heavy atom. The quantitative estimate of drug-likeness (QED) is 0.832. The molecule has 0 radical (unpaired) electrons. The first-order valence-corrected chi connectivity index (χ1v) is 5.16. The van der Waals surface area contributed by atoms with E-state index < -0.39 is 0 Å². The average Bonchev–Trinajstić information content (AvgIpc) is 2.84. The summed E-state index contributed by atoms with van der Waals surface area (Å²) in [5, 5.41) is 11.1. The summed E-state index contributed by atoms with van der Waals surface area (Å²) in [6.07, 6.45) is 3.59. The maximum Gasteiger partial charge on any atom is 0.211 e. The molecule has 16 heavy (non-hydrogen) atoms. The largest absolute Gasteiger partial charge is 0.444 e. The summed E-state index contributed by atoms with van der Waals surface area (Å²) in [4.78, 5) is 4.16. The number of aryl methyl sites for hydroxylation is 2. The highest BCUT2D eigenvalue weighted by atomic mass is 16.4. The summed E-state index contributed by atoms with van der Waals surface area (Å²) in [6, 6.07) is 0.0655. The van der Waals surface area contributed by atoms with Crippen LogP contribution >= 0.6 is 0 Å². The molecule has 86 valence electrons. The minimum absolute atomic E-state index is 0.0655. The van der Waals surface area contributed by atoms with Gasteiger partial charge in [-0.1, -0.05) is 5.21 Å². The highest BCUT2D eigenvalue weighted by Gasteiger charge is 2.11. The summed E-state index contributed by atoms with van der Waals surface area (Å²) in [7, 11) is 1.84. The molecule has 1 atom stereocenters. The molecule has 0 saturated heterocycles. The molecule has 0 fully saturated rings. The molecule has 0 spiro atoms. The number of oxazole rings is 1. The number of nitrogens with zero attached hydrogens (tertiary/aromatic N) is 4. The van der Waals surface area contributed by atoms with Gasteiger partial charge in [0.25, 0.3) is 0 Å². The van der Waals surface area contributed by atoms with E-state index >= 15 is 0 Å². The molecule has 6 nitrogen and oxygen atoms in total. The van der Waals surface area contributed by atoms with Crippen molar-refractivity contribution in [2.45, 2.75) is 26.4 Å². The predicted molar refractivity (Wildman–Crippen MR) is 57.5 cm³/mol. The second kappa shape index (κ2) is 4.44. The van der Waals surface area contributed by atoms with Crippen molar-refractivity contribution in [3.8, 4) is 0 Å². The van der Waals surface area contributed by atoms with Gasteiger partial charge in [-0.3, -0.25) is 4.68 Å².